The predicted octanol–water partition coefficient (Wildman–Crippen LogP) is 1.49. The normalized spacial score (nSPS) is 19.5. The van der Waals surface area contributed by atoms with E-state index in [1.54, 1.807) is 23.2 Å². The highest BCUT2D eigenvalue weighted by atomic mass is 16.2. The molecule has 2 saturated heterocycles. The molecule has 3 heterocycles. The van der Waals surface area contributed by atoms with Gasteiger partial charge in [-0.1, -0.05) is 18.9 Å². The van der Waals surface area contributed by atoms with Crippen LogP contribution in [0.5, 0.6) is 0 Å². The van der Waals surface area contributed by atoms with Crippen molar-refractivity contribution in [3.8, 4) is 0 Å². The summed E-state index contributed by atoms with van der Waals surface area (Å²) in [6.07, 6.45) is 7.74. The second kappa shape index (κ2) is 8.32. The third-order valence-electron chi connectivity index (χ3n) is 5.32. The molecule has 0 unspecified atom stereocenters. The van der Waals surface area contributed by atoms with Crippen LogP contribution in [-0.4, -0.2) is 52.4 Å². The molecule has 0 saturated carbocycles. The quantitative estimate of drug-likeness (QED) is 0.834. The second-order valence-corrected chi connectivity index (χ2v) is 7.06. The van der Waals surface area contributed by atoms with Crippen molar-refractivity contribution in [2.24, 2.45) is 5.92 Å². The molecule has 0 radical (unpaired) electrons. The molecule has 0 atom stereocenters. The number of piperidine rings is 1. The monoisotopic (exact) mass is 345 g/mol. The fourth-order valence-electron chi connectivity index (χ4n) is 3.76. The van der Waals surface area contributed by atoms with Crippen molar-refractivity contribution in [1.82, 2.24) is 14.4 Å². The van der Waals surface area contributed by atoms with Gasteiger partial charge in [-0.25, -0.2) is 0 Å². The Morgan fingerprint density at radius 2 is 1.60 bits per heavy atom. The third kappa shape index (κ3) is 4.50. The van der Waals surface area contributed by atoms with E-state index in [1.165, 1.54) is 23.5 Å². The average Bonchev–Trinajstić information content (AvgIpc) is 2.92. The summed E-state index contributed by atoms with van der Waals surface area (Å²) in [4.78, 5) is 40.6. The first-order chi connectivity index (χ1) is 12.1. The Morgan fingerprint density at radius 1 is 0.920 bits per heavy atom. The minimum Gasteiger partial charge on any atom is -0.342 e. The second-order valence-electron chi connectivity index (χ2n) is 7.06. The molecular formula is C19H27N3O3. The van der Waals surface area contributed by atoms with Gasteiger partial charge < -0.3 is 14.4 Å². The lowest BCUT2D eigenvalue weighted by Crippen LogP contribution is -2.46. The molecule has 0 spiro atoms. The van der Waals surface area contributed by atoms with Crippen LogP contribution < -0.4 is 5.56 Å². The zero-order valence-electron chi connectivity index (χ0n) is 14.7. The molecule has 0 bridgehead atoms. The largest absolute Gasteiger partial charge is 0.342 e. The Kier molecular flexibility index (Phi) is 5.89. The number of aromatic nitrogens is 1. The van der Waals surface area contributed by atoms with E-state index in [0.717, 1.165) is 38.8 Å². The van der Waals surface area contributed by atoms with Gasteiger partial charge in [-0.05, 0) is 31.7 Å². The van der Waals surface area contributed by atoms with Crippen molar-refractivity contribution in [1.29, 1.82) is 0 Å². The van der Waals surface area contributed by atoms with E-state index >= 15 is 0 Å². The summed E-state index contributed by atoms with van der Waals surface area (Å²) < 4.78 is 1.43. The van der Waals surface area contributed by atoms with Crippen molar-refractivity contribution in [2.75, 3.05) is 26.2 Å². The summed E-state index contributed by atoms with van der Waals surface area (Å²) >= 11 is 0. The molecule has 2 amide bonds. The smallest absolute Gasteiger partial charge is 0.250 e. The number of carbonyl (C=O) groups excluding carboxylic acids is 2. The van der Waals surface area contributed by atoms with Crippen LogP contribution in [0.25, 0.3) is 0 Å². The van der Waals surface area contributed by atoms with Crippen LogP contribution in [0.1, 0.15) is 38.5 Å². The first-order valence-electron chi connectivity index (χ1n) is 9.37. The van der Waals surface area contributed by atoms with Crippen LogP contribution in [0, 0.1) is 5.92 Å². The van der Waals surface area contributed by atoms with Gasteiger partial charge in [0.2, 0.25) is 11.8 Å². The predicted molar refractivity (Wildman–Crippen MR) is 95.1 cm³/mol. The Balaban J connectivity index is 1.51. The summed E-state index contributed by atoms with van der Waals surface area (Å²) in [5.74, 6) is 0.267. The highest BCUT2D eigenvalue weighted by molar-refractivity contribution is 5.80. The van der Waals surface area contributed by atoms with Crippen LogP contribution in [0.15, 0.2) is 29.2 Å². The number of hydrogen-bond acceptors (Lipinski definition) is 3. The maximum Gasteiger partial charge on any atom is 0.250 e. The minimum atomic E-state index is -0.165. The van der Waals surface area contributed by atoms with E-state index in [-0.39, 0.29) is 29.8 Å². The summed E-state index contributed by atoms with van der Waals surface area (Å²) in [7, 11) is 0. The van der Waals surface area contributed by atoms with Gasteiger partial charge in [0.25, 0.3) is 5.56 Å². The van der Waals surface area contributed by atoms with E-state index in [2.05, 4.69) is 0 Å². The van der Waals surface area contributed by atoms with Crippen molar-refractivity contribution in [3.05, 3.63) is 34.7 Å². The summed E-state index contributed by atoms with van der Waals surface area (Å²) in [6.45, 7) is 3.05. The van der Waals surface area contributed by atoms with Gasteiger partial charge in [-0.3, -0.25) is 14.4 Å². The van der Waals surface area contributed by atoms with Crippen molar-refractivity contribution < 1.29 is 9.59 Å². The lowest BCUT2D eigenvalue weighted by atomic mass is 9.95. The molecule has 0 N–H and O–H groups in total. The highest BCUT2D eigenvalue weighted by Crippen LogP contribution is 2.22. The molecule has 1 aromatic heterocycles. The van der Waals surface area contributed by atoms with Crippen LogP contribution in [0.3, 0.4) is 0 Å². The molecule has 1 aromatic rings. The number of rotatable bonds is 3. The number of likely N-dealkylation sites (tertiary alicyclic amines) is 2. The lowest BCUT2D eigenvalue weighted by molar-refractivity contribution is -0.141. The number of nitrogens with zero attached hydrogens (tertiary/aromatic N) is 3. The molecule has 2 aliphatic rings. The van der Waals surface area contributed by atoms with Gasteiger partial charge in [0.05, 0.1) is 0 Å². The molecule has 2 fully saturated rings. The average molecular weight is 345 g/mol. The standard InChI is InChI=1S/C19H27N3O3/c23-17-7-3-6-12-22(17)15-18(24)20-13-8-16(9-14-20)19(25)21-10-4-1-2-5-11-21/h3,6-7,12,16H,1-2,4-5,8-11,13-15H2. The molecular weight excluding hydrogens is 318 g/mol. The van der Waals surface area contributed by atoms with Gasteiger partial charge in [-0.15, -0.1) is 0 Å². The van der Waals surface area contributed by atoms with Crippen molar-refractivity contribution in [2.45, 2.75) is 45.1 Å². The highest BCUT2D eigenvalue weighted by Gasteiger charge is 2.30. The Morgan fingerprint density at radius 3 is 2.24 bits per heavy atom. The zero-order chi connectivity index (χ0) is 17.6. The summed E-state index contributed by atoms with van der Waals surface area (Å²) in [5, 5.41) is 0. The van der Waals surface area contributed by atoms with Crippen molar-refractivity contribution in [3.63, 3.8) is 0 Å². The molecule has 0 aromatic carbocycles. The first-order valence-corrected chi connectivity index (χ1v) is 9.37. The summed E-state index contributed by atoms with van der Waals surface area (Å²) in [5.41, 5.74) is -0.165. The minimum absolute atomic E-state index is 0.0431. The van der Waals surface area contributed by atoms with Crippen LogP contribution in [0.2, 0.25) is 0 Å². The van der Waals surface area contributed by atoms with Crippen LogP contribution >= 0.6 is 0 Å². The maximum absolute atomic E-state index is 12.7. The van der Waals surface area contributed by atoms with Gasteiger partial charge in [0.1, 0.15) is 6.54 Å². The van der Waals surface area contributed by atoms with E-state index in [4.69, 9.17) is 0 Å². The van der Waals surface area contributed by atoms with Crippen LogP contribution in [-0.2, 0) is 16.1 Å². The van der Waals surface area contributed by atoms with Gasteiger partial charge in [0, 0.05) is 44.4 Å². The molecule has 2 aliphatic heterocycles. The fraction of sp³-hybridized carbons (Fsp3) is 0.632. The molecule has 0 aliphatic carbocycles. The van der Waals surface area contributed by atoms with E-state index in [9.17, 15) is 14.4 Å². The van der Waals surface area contributed by atoms with Gasteiger partial charge in [-0.2, -0.15) is 0 Å². The molecule has 6 heteroatoms. The lowest BCUT2D eigenvalue weighted by Gasteiger charge is -2.34. The summed E-state index contributed by atoms with van der Waals surface area (Å²) in [6, 6.07) is 4.88. The molecule has 136 valence electrons. The molecule has 25 heavy (non-hydrogen) atoms. The topological polar surface area (TPSA) is 62.6 Å². The molecule has 6 nitrogen and oxygen atoms in total. The Labute approximate surface area is 148 Å². The van der Waals surface area contributed by atoms with E-state index in [1.807, 2.05) is 4.90 Å². The van der Waals surface area contributed by atoms with Gasteiger partial charge >= 0.3 is 0 Å². The fourth-order valence-corrected chi connectivity index (χ4v) is 3.76. The number of amides is 2. The SMILES string of the molecule is O=C(Cn1ccccc1=O)N1CCC(C(=O)N2CCCCCC2)CC1. The van der Waals surface area contributed by atoms with Gasteiger partial charge in [0.15, 0.2) is 0 Å². The number of hydrogen-bond donors (Lipinski definition) is 0. The number of carbonyl (C=O) groups is 2. The Bertz CT molecular complexity index is 654. The first kappa shape index (κ1) is 17.7. The maximum atomic E-state index is 12.7. The van der Waals surface area contributed by atoms with Crippen LogP contribution in [0.4, 0.5) is 0 Å². The van der Waals surface area contributed by atoms with Crippen molar-refractivity contribution >= 4 is 11.8 Å². The van der Waals surface area contributed by atoms with E-state index < -0.39 is 0 Å². The number of pyridine rings is 1. The Hall–Kier alpha value is -2.11. The van der Waals surface area contributed by atoms with E-state index in [0.29, 0.717) is 13.1 Å². The third-order valence-corrected chi connectivity index (χ3v) is 5.32. The zero-order valence-corrected chi connectivity index (χ0v) is 14.7. The molecule has 3 rings (SSSR count).